The molecule has 0 saturated heterocycles. The molecule has 2 aromatic rings. The molecule has 2 rings (SSSR count). The van der Waals surface area contributed by atoms with E-state index in [0.29, 0.717) is 0 Å². The van der Waals surface area contributed by atoms with Crippen molar-refractivity contribution in [1.29, 1.82) is 0 Å². The molecule has 138 valence electrons. The van der Waals surface area contributed by atoms with E-state index in [1.165, 1.54) is 27.8 Å². The molecule has 1 heteroatoms. The Morgan fingerprint density at radius 3 is 2.23 bits per heavy atom. The predicted octanol–water partition coefficient (Wildman–Crippen LogP) is 7.34. The van der Waals surface area contributed by atoms with Gasteiger partial charge in [0.15, 0.2) is 0 Å². The summed E-state index contributed by atoms with van der Waals surface area (Å²) >= 11 is 0. The Hall–Kier alpha value is -2.11. The molecule has 0 fully saturated rings. The number of allylic oxidation sites excluding steroid dienone is 1. The smallest absolute Gasteiger partial charge is 0.130 e. The highest BCUT2D eigenvalue weighted by Crippen LogP contribution is 2.25. The molecule has 0 N–H and O–H groups in total. The van der Waals surface area contributed by atoms with Crippen molar-refractivity contribution in [1.82, 2.24) is 0 Å². The lowest BCUT2D eigenvalue weighted by atomic mass is 9.94. The van der Waals surface area contributed by atoms with Gasteiger partial charge >= 0.3 is 0 Å². The van der Waals surface area contributed by atoms with Crippen LogP contribution in [0.2, 0.25) is 0 Å². The largest absolute Gasteiger partial charge is 0.239 e. The van der Waals surface area contributed by atoms with Crippen molar-refractivity contribution >= 4 is 5.57 Å². The van der Waals surface area contributed by atoms with Gasteiger partial charge in [0, 0.05) is 5.57 Å². The van der Waals surface area contributed by atoms with E-state index < -0.39 is 5.67 Å². The van der Waals surface area contributed by atoms with Gasteiger partial charge in [0.1, 0.15) is 5.67 Å². The maximum absolute atomic E-state index is 13.9. The van der Waals surface area contributed by atoms with E-state index in [2.05, 4.69) is 49.9 Å². The van der Waals surface area contributed by atoms with Gasteiger partial charge in [-0.15, -0.1) is 5.73 Å². The van der Waals surface area contributed by atoms with Crippen molar-refractivity contribution in [3.8, 4) is 0 Å². The fourth-order valence-corrected chi connectivity index (χ4v) is 3.26. The van der Waals surface area contributed by atoms with Gasteiger partial charge in [0.25, 0.3) is 0 Å². The van der Waals surface area contributed by atoms with Gasteiger partial charge < -0.3 is 0 Å². The van der Waals surface area contributed by atoms with Crippen LogP contribution < -0.4 is 0 Å². The summed E-state index contributed by atoms with van der Waals surface area (Å²) in [5, 5.41) is 0. The van der Waals surface area contributed by atoms with E-state index in [-0.39, 0.29) is 0 Å². The second kappa shape index (κ2) is 9.01. The Labute approximate surface area is 158 Å². The molecule has 26 heavy (non-hydrogen) atoms. The van der Waals surface area contributed by atoms with Crippen molar-refractivity contribution in [3.63, 3.8) is 0 Å². The summed E-state index contributed by atoms with van der Waals surface area (Å²) in [6, 6.07) is 14.7. The minimum atomic E-state index is -1.27. The van der Waals surface area contributed by atoms with E-state index in [1.54, 1.807) is 13.8 Å². The van der Waals surface area contributed by atoms with Gasteiger partial charge in [-0.3, -0.25) is 0 Å². The van der Waals surface area contributed by atoms with Crippen LogP contribution in [-0.2, 0) is 18.5 Å². The number of aryl methyl sites for hydroxylation is 3. The Morgan fingerprint density at radius 2 is 1.65 bits per heavy atom. The fourth-order valence-electron chi connectivity index (χ4n) is 3.26. The summed E-state index contributed by atoms with van der Waals surface area (Å²) in [7, 11) is 0. The average Bonchev–Trinajstić information content (AvgIpc) is 2.61. The second-order valence-electron chi connectivity index (χ2n) is 7.44. The molecule has 0 amide bonds. The van der Waals surface area contributed by atoms with E-state index in [4.69, 9.17) is 0 Å². The highest BCUT2D eigenvalue weighted by Gasteiger charge is 2.17. The van der Waals surface area contributed by atoms with E-state index in [0.717, 1.165) is 31.2 Å². The van der Waals surface area contributed by atoms with Gasteiger partial charge in [-0.05, 0) is 87.3 Å². The quantitative estimate of drug-likeness (QED) is 0.458. The lowest BCUT2D eigenvalue weighted by Crippen LogP contribution is -2.08. The Balaban J connectivity index is 2.03. The maximum atomic E-state index is 13.9. The normalized spacial score (nSPS) is 11.2. The van der Waals surface area contributed by atoms with Gasteiger partial charge in [-0.1, -0.05) is 49.4 Å². The van der Waals surface area contributed by atoms with Crippen molar-refractivity contribution in [2.24, 2.45) is 0 Å². The number of alkyl halides is 1. The van der Waals surface area contributed by atoms with Crippen LogP contribution in [0.5, 0.6) is 0 Å². The molecule has 0 nitrogen and oxygen atoms in total. The number of benzene rings is 2. The molecule has 2 aromatic carbocycles. The molecule has 0 radical (unpaired) electrons. The van der Waals surface area contributed by atoms with Crippen molar-refractivity contribution < 1.29 is 4.39 Å². The number of rotatable bonds is 7. The van der Waals surface area contributed by atoms with Gasteiger partial charge in [0.2, 0.25) is 0 Å². The Kier molecular flexibility index (Phi) is 7.00. The standard InChI is InChI=1S/C25H31F/c1-6-9-22(7-2)24-18-21(13-12-19(24)3)11-8-10-20-14-16-23(17-15-20)25(4,5)26/h6,12-18H,7-8,10-11H2,1-5H3. The fraction of sp³-hybridized carbons (Fsp3) is 0.400. The van der Waals surface area contributed by atoms with Crippen LogP contribution in [-0.4, -0.2) is 0 Å². The minimum absolute atomic E-state index is 0.743. The van der Waals surface area contributed by atoms with E-state index in [9.17, 15) is 4.39 Å². The third-order valence-electron chi connectivity index (χ3n) is 4.87. The third kappa shape index (κ3) is 5.44. The monoisotopic (exact) mass is 350 g/mol. The molecular formula is C25H31F. The van der Waals surface area contributed by atoms with Crippen LogP contribution in [0.25, 0.3) is 5.57 Å². The first kappa shape index (κ1) is 20.2. The molecule has 0 aliphatic rings. The SMILES string of the molecule is CC=C=C(CC)c1cc(CCCc2ccc(C(C)(C)F)cc2)ccc1C. The topological polar surface area (TPSA) is 0 Å². The summed E-state index contributed by atoms with van der Waals surface area (Å²) in [6.45, 7) is 9.57. The molecule has 0 bridgehead atoms. The molecular weight excluding hydrogens is 319 g/mol. The first-order valence-electron chi connectivity index (χ1n) is 9.63. The Morgan fingerprint density at radius 1 is 1.04 bits per heavy atom. The minimum Gasteiger partial charge on any atom is -0.239 e. The highest BCUT2D eigenvalue weighted by atomic mass is 19.1. The third-order valence-corrected chi connectivity index (χ3v) is 4.87. The molecule has 0 aliphatic heterocycles. The molecule has 0 aliphatic carbocycles. The summed E-state index contributed by atoms with van der Waals surface area (Å²) in [5.41, 5.74) is 9.39. The number of hydrogen-bond donors (Lipinski definition) is 0. The predicted molar refractivity (Wildman–Crippen MR) is 111 cm³/mol. The van der Waals surface area contributed by atoms with Crippen LogP contribution in [0.1, 0.15) is 68.4 Å². The second-order valence-corrected chi connectivity index (χ2v) is 7.44. The van der Waals surface area contributed by atoms with Crippen LogP contribution in [0.3, 0.4) is 0 Å². The van der Waals surface area contributed by atoms with Gasteiger partial charge in [0.05, 0.1) is 0 Å². The zero-order valence-corrected chi connectivity index (χ0v) is 16.8. The lowest BCUT2D eigenvalue weighted by molar-refractivity contribution is 0.221. The van der Waals surface area contributed by atoms with E-state index >= 15 is 0 Å². The zero-order chi connectivity index (χ0) is 19.2. The highest BCUT2D eigenvalue weighted by molar-refractivity contribution is 5.68. The molecule has 0 spiro atoms. The molecule has 0 saturated carbocycles. The summed E-state index contributed by atoms with van der Waals surface area (Å²) in [5.74, 6) is 0. The van der Waals surface area contributed by atoms with Crippen molar-refractivity contribution in [2.45, 2.75) is 66.0 Å². The molecule has 0 aromatic heterocycles. The summed E-state index contributed by atoms with van der Waals surface area (Å²) in [4.78, 5) is 0. The molecule has 0 atom stereocenters. The van der Waals surface area contributed by atoms with Crippen LogP contribution in [0, 0.1) is 6.92 Å². The van der Waals surface area contributed by atoms with E-state index in [1.807, 2.05) is 25.1 Å². The number of halogens is 1. The van der Waals surface area contributed by atoms with Crippen LogP contribution in [0.4, 0.5) is 4.39 Å². The first-order chi connectivity index (χ1) is 12.3. The zero-order valence-electron chi connectivity index (χ0n) is 16.8. The van der Waals surface area contributed by atoms with Gasteiger partial charge in [-0.2, -0.15) is 0 Å². The molecule has 0 unspecified atom stereocenters. The van der Waals surface area contributed by atoms with Crippen molar-refractivity contribution in [2.75, 3.05) is 0 Å². The lowest BCUT2D eigenvalue weighted by Gasteiger charge is -2.15. The van der Waals surface area contributed by atoms with Crippen LogP contribution in [0.15, 0.2) is 54.3 Å². The number of hydrogen-bond acceptors (Lipinski definition) is 0. The maximum Gasteiger partial charge on any atom is 0.130 e. The summed E-state index contributed by atoms with van der Waals surface area (Å²) in [6.07, 6.45) is 6.15. The van der Waals surface area contributed by atoms with Crippen molar-refractivity contribution in [3.05, 3.63) is 82.1 Å². The van der Waals surface area contributed by atoms with Crippen LogP contribution >= 0.6 is 0 Å². The Bertz CT molecular complexity index is 782. The first-order valence-corrected chi connectivity index (χ1v) is 9.63. The average molecular weight is 351 g/mol. The summed E-state index contributed by atoms with van der Waals surface area (Å²) < 4.78 is 13.9. The van der Waals surface area contributed by atoms with Gasteiger partial charge in [-0.25, -0.2) is 4.39 Å². The molecule has 0 heterocycles.